The molecule has 6 aliphatic heterocycles. The molecule has 30 heavy (non-hydrogen) atoms. The van der Waals surface area contributed by atoms with Gasteiger partial charge in [-0.3, -0.25) is 25.3 Å². The lowest BCUT2D eigenvalue weighted by atomic mass is 9.87. The second kappa shape index (κ2) is 8.60. The summed E-state index contributed by atoms with van der Waals surface area (Å²) in [6.45, 7) is 9.82. The highest BCUT2D eigenvalue weighted by atomic mass is 32.2. The normalized spacial score (nSPS) is 44.8. The van der Waals surface area contributed by atoms with Gasteiger partial charge in [-0.1, -0.05) is 11.9 Å². The van der Waals surface area contributed by atoms with Crippen molar-refractivity contribution in [3.63, 3.8) is 0 Å². The SMILES string of the molecule is C1CCN(C2(N3CCNC3)CSN(C3NCCS3)C2(C2NCCO2)N2CCCO2)C1. The second-order valence-electron chi connectivity index (χ2n) is 8.93. The molecular formula is C19H35N7O2S2. The number of nitrogens with one attached hydrogen (secondary N) is 3. The third-order valence-electron chi connectivity index (χ3n) is 7.47. The minimum absolute atomic E-state index is 0.0881. The number of hydrogen-bond donors (Lipinski definition) is 3. The van der Waals surface area contributed by atoms with Gasteiger partial charge in [0.05, 0.1) is 13.2 Å². The van der Waals surface area contributed by atoms with E-state index in [4.69, 9.17) is 9.57 Å². The molecular weight excluding hydrogens is 422 g/mol. The van der Waals surface area contributed by atoms with Gasteiger partial charge in [0.25, 0.3) is 0 Å². The Hall–Kier alpha value is 0.340. The lowest BCUT2D eigenvalue weighted by Crippen LogP contribution is -2.84. The Morgan fingerprint density at radius 2 is 1.83 bits per heavy atom. The summed E-state index contributed by atoms with van der Waals surface area (Å²) in [6, 6.07) is 0. The highest BCUT2D eigenvalue weighted by Crippen LogP contribution is 2.56. The molecule has 0 radical (unpaired) electrons. The summed E-state index contributed by atoms with van der Waals surface area (Å²) < 4.78 is 9.15. The maximum atomic E-state index is 6.52. The van der Waals surface area contributed by atoms with Gasteiger partial charge in [-0.25, -0.2) is 0 Å². The molecule has 6 heterocycles. The van der Waals surface area contributed by atoms with Gasteiger partial charge >= 0.3 is 0 Å². The zero-order valence-corrected chi connectivity index (χ0v) is 19.3. The summed E-state index contributed by atoms with van der Waals surface area (Å²) in [6.07, 6.45) is 3.54. The predicted molar refractivity (Wildman–Crippen MR) is 119 cm³/mol. The fourth-order valence-electron chi connectivity index (χ4n) is 6.27. The molecule has 170 valence electrons. The van der Waals surface area contributed by atoms with Gasteiger partial charge in [-0.2, -0.15) is 9.37 Å². The number of thioether (sulfide) groups is 1. The van der Waals surface area contributed by atoms with E-state index in [-0.39, 0.29) is 17.4 Å². The van der Waals surface area contributed by atoms with Gasteiger partial charge in [-0.05, 0) is 19.3 Å². The maximum absolute atomic E-state index is 6.52. The van der Waals surface area contributed by atoms with Crippen LogP contribution in [0.5, 0.6) is 0 Å². The Morgan fingerprint density at radius 1 is 0.900 bits per heavy atom. The van der Waals surface area contributed by atoms with E-state index in [9.17, 15) is 0 Å². The fraction of sp³-hybridized carbons (Fsp3) is 1.00. The Bertz CT molecular complexity index is 570. The smallest absolute Gasteiger partial charge is 0.181 e. The van der Waals surface area contributed by atoms with Gasteiger partial charge in [0, 0.05) is 64.0 Å². The topological polar surface area (TPSA) is 67.5 Å². The molecule has 4 atom stereocenters. The molecule has 0 aromatic heterocycles. The van der Waals surface area contributed by atoms with Crippen LogP contribution in [-0.2, 0) is 9.57 Å². The van der Waals surface area contributed by atoms with Crippen LogP contribution >= 0.6 is 23.7 Å². The van der Waals surface area contributed by atoms with Crippen molar-refractivity contribution in [2.75, 3.05) is 77.2 Å². The molecule has 11 heteroatoms. The highest BCUT2D eigenvalue weighted by molar-refractivity contribution is 8.02. The number of rotatable bonds is 5. The Balaban J connectivity index is 1.53. The van der Waals surface area contributed by atoms with E-state index >= 15 is 0 Å². The van der Waals surface area contributed by atoms with Gasteiger partial charge in [-0.15, -0.1) is 11.8 Å². The second-order valence-corrected chi connectivity index (χ2v) is 11.1. The summed E-state index contributed by atoms with van der Waals surface area (Å²) in [5.41, 5.74) is -0.324. The van der Waals surface area contributed by atoms with Crippen molar-refractivity contribution >= 4 is 23.7 Å². The average Bonchev–Trinajstić information content (AvgIpc) is 3.62. The minimum Gasteiger partial charge on any atom is -0.358 e. The summed E-state index contributed by atoms with van der Waals surface area (Å²) in [5.74, 6) is 2.19. The predicted octanol–water partition coefficient (Wildman–Crippen LogP) is -0.495. The van der Waals surface area contributed by atoms with Crippen LogP contribution < -0.4 is 16.0 Å². The first-order valence-electron chi connectivity index (χ1n) is 11.6. The van der Waals surface area contributed by atoms with E-state index in [0.29, 0.717) is 0 Å². The molecule has 0 saturated carbocycles. The van der Waals surface area contributed by atoms with Crippen molar-refractivity contribution in [1.82, 2.24) is 35.1 Å². The van der Waals surface area contributed by atoms with E-state index in [1.165, 1.54) is 12.8 Å². The van der Waals surface area contributed by atoms with Gasteiger partial charge in [0.1, 0.15) is 17.4 Å². The maximum Gasteiger partial charge on any atom is 0.181 e. The summed E-state index contributed by atoms with van der Waals surface area (Å²) >= 11 is 4.02. The minimum atomic E-state index is -0.421. The number of likely N-dealkylation sites (tertiary alicyclic amines) is 1. The quantitative estimate of drug-likeness (QED) is 0.469. The van der Waals surface area contributed by atoms with Crippen molar-refractivity contribution in [2.24, 2.45) is 0 Å². The van der Waals surface area contributed by atoms with Crippen LogP contribution in [0.3, 0.4) is 0 Å². The molecule has 6 rings (SSSR count). The van der Waals surface area contributed by atoms with Crippen molar-refractivity contribution in [3.05, 3.63) is 0 Å². The van der Waals surface area contributed by atoms with Crippen molar-refractivity contribution in [2.45, 2.75) is 42.3 Å². The van der Waals surface area contributed by atoms with Crippen LogP contribution in [0.2, 0.25) is 0 Å². The number of hydrogen-bond acceptors (Lipinski definition) is 11. The van der Waals surface area contributed by atoms with Crippen molar-refractivity contribution < 1.29 is 9.57 Å². The van der Waals surface area contributed by atoms with Crippen molar-refractivity contribution in [3.8, 4) is 0 Å². The molecule has 0 aromatic carbocycles. The third-order valence-corrected chi connectivity index (χ3v) is 10.0. The van der Waals surface area contributed by atoms with Crippen LogP contribution in [0.15, 0.2) is 0 Å². The Morgan fingerprint density at radius 3 is 2.50 bits per heavy atom. The van der Waals surface area contributed by atoms with Crippen LogP contribution in [0.4, 0.5) is 0 Å². The van der Waals surface area contributed by atoms with E-state index in [2.05, 4.69) is 35.1 Å². The first-order chi connectivity index (χ1) is 14.9. The summed E-state index contributed by atoms with van der Waals surface area (Å²) in [7, 11) is 0. The van der Waals surface area contributed by atoms with E-state index in [1.807, 2.05) is 23.7 Å². The number of hydroxylamine groups is 2. The Kier molecular flexibility index (Phi) is 6.00. The standard InChI is InChI=1S/C19H35N7O2S2/c1-2-8-23(7-1)18(24-10-4-20-15-24)14-30-26(17-22-6-13-29-17)19(18,16-21-5-12-27-16)25-9-3-11-28-25/h16-17,20-22H,1-15H2. The third kappa shape index (κ3) is 2.98. The molecule has 6 fully saturated rings. The largest absolute Gasteiger partial charge is 0.358 e. The average molecular weight is 458 g/mol. The van der Waals surface area contributed by atoms with Crippen molar-refractivity contribution in [1.29, 1.82) is 0 Å². The molecule has 4 unspecified atom stereocenters. The van der Waals surface area contributed by atoms with Crippen LogP contribution in [0.25, 0.3) is 0 Å². The van der Waals surface area contributed by atoms with E-state index in [1.54, 1.807) is 0 Å². The first kappa shape index (κ1) is 20.9. The molecule has 0 amide bonds. The number of nitrogens with zero attached hydrogens (tertiary/aromatic N) is 4. The molecule has 6 aliphatic rings. The molecule has 0 aromatic rings. The molecule has 0 spiro atoms. The molecule has 9 nitrogen and oxygen atoms in total. The van der Waals surface area contributed by atoms with Crippen LogP contribution in [0.1, 0.15) is 19.3 Å². The summed E-state index contributed by atoms with van der Waals surface area (Å²) in [5, 5.41) is 13.5. The fourth-order valence-corrected chi connectivity index (χ4v) is 9.27. The highest BCUT2D eigenvalue weighted by Gasteiger charge is 2.74. The van der Waals surface area contributed by atoms with Gasteiger partial charge < -0.3 is 10.1 Å². The van der Waals surface area contributed by atoms with E-state index < -0.39 is 5.66 Å². The lowest BCUT2D eigenvalue weighted by Gasteiger charge is -2.60. The summed E-state index contributed by atoms with van der Waals surface area (Å²) in [4.78, 5) is 11.9. The molecule has 0 bridgehead atoms. The monoisotopic (exact) mass is 457 g/mol. The first-order valence-corrected chi connectivity index (χ1v) is 13.6. The van der Waals surface area contributed by atoms with Crippen LogP contribution in [-0.4, -0.2) is 119 Å². The lowest BCUT2D eigenvalue weighted by molar-refractivity contribution is -0.312. The zero-order chi connectivity index (χ0) is 20.0. The van der Waals surface area contributed by atoms with Gasteiger partial charge in [0.2, 0.25) is 0 Å². The molecule has 6 saturated heterocycles. The van der Waals surface area contributed by atoms with Gasteiger partial charge in [0.15, 0.2) is 5.66 Å². The van der Waals surface area contributed by atoms with E-state index in [0.717, 1.165) is 83.6 Å². The zero-order valence-electron chi connectivity index (χ0n) is 17.7. The Labute approximate surface area is 188 Å². The molecule has 0 aliphatic carbocycles. The van der Waals surface area contributed by atoms with Crippen LogP contribution in [0, 0.1) is 0 Å². The molecule has 3 N–H and O–H groups in total. The number of ether oxygens (including phenoxy) is 1.